The highest BCUT2D eigenvalue weighted by molar-refractivity contribution is 6.06. The molecule has 0 aliphatic carbocycles. The molecule has 1 aliphatic rings. The zero-order valence-corrected chi connectivity index (χ0v) is 19.9. The Labute approximate surface area is 206 Å². The smallest absolute Gasteiger partial charge is 0.258 e. The second kappa shape index (κ2) is 12.0. The molecule has 1 unspecified atom stereocenters. The first-order valence-corrected chi connectivity index (χ1v) is 12.0. The summed E-state index contributed by atoms with van der Waals surface area (Å²) in [5.74, 6) is 0.469. The van der Waals surface area contributed by atoms with Gasteiger partial charge in [0, 0.05) is 41.8 Å². The van der Waals surface area contributed by atoms with Crippen LogP contribution in [-0.2, 0) is 9.53 Å². The van der Waals surface area contributed by atoms with Gasteiger partial charge in [0.1, 0.15) is 12.4 Å². The molecule has 0 spiro atoms. The molecular formula is C28H31N3O4. The van der Waals surface area contributed by atoms with Gasteiger partial charge in [0.2, 0.25) is 5.91 Å². The average Bonchev–Trinajstić information content (AvgIpc) is 3.42. The van der Waals surface area contributed by atoms with Crippen molar-refractivity contribution in [2.45, 2.75) is 25.9 Å². The van der Waals surface area contributed by atoms with Gasteiger partial charge in [-0.25, -0.2) is 0 Å². The third-order valence-electron chi connectivity index (χ3n) is 5.79. The summed E-state index contributed by atoms with van der Waals surface area (Å²) in [5.41, 5.74) is 2.84. The number of hydrogen-bond acceptors (Lipinski definition) is 5. The van der Waals surface area contributed by atoms with E-state index in [4.69, 9.17) is 9.47 Å². The van der Waals surface area contributed by atoms with Crippen LogP contribution in [0.25, 0.3) is 0 Å². The first-order valence-electron chi connectivity index (χ1n) is 12.0. The van der Waals surface area contributed by atoms with E-state index in [-0.39, 0.29) is 24.5 Å². The minimum Gasteiger partial charge on any atom is -0.491 e. The molecule has 35 heavy (non-hydrogen) atoms. The van der Waals surface area contributed by atoms with E-state index in [2.05, 4.69) is 10.6 Å². The van der Waals surface area contributed by atoms with Gasteiger partial charge in [0.15, 0.2) is 0 Å². The summed E-state index contributed by atoms with van der Waals surface area (Å²) >= 11 is 0. The molecule has 0 radical (unpaired) electrons. The fourth-order valence-electron chi connectivity index (χ4n) is 3.95. The topological polar surface area (TPSA) is 79.9 Å². The van der Waals surface area contributed by atoms with Crippen molar-refractivity contribution in [2.75, 3.05) is 41.8 Å². The van der Waals surface area contributed by atoms with Crippen molar-refractivity contribution in [2.24, 2.45) is 0 Å². The van der Waals surface area contributed by atoms with Gasteiger partial charge in [-0.1, -0.05) is 24.3 Å². The van der Waals surface area contributed by atoms with Gasteiger partial charge in [0.05, 0.1) is 12.6 Å². The van der Waals surface area contributed by atoms with Crippen LogP contribution in [0.4, 0.5) is 17.1 Å². The van der Waals surface area contributed by atoms with Crippen LogP contribution in [0.2, 0.25) is 0 Å². The van der Waals surface area contributed by atoms with E-state index < -0.39 is 0 Å². The van der Waals surface area contributed by atoms with E-state index in [1.54, 1.807) is 29.2 Å². The summed E-state index contributed by atoms with van der Waals surface area (Å²) in [4.78, 5) is 27.1. The molecule has 7 heteroatoms. The number of carbonyl (C=O) groups excluding carboxylic acids is 2. The van der Waals surface area contributed by atoms with Gasteiger partial charge in [-0.05, 0) is 68.3 Å². The van der Waals surface area contributed by atoms with Crippen molar-refractivity contribution in [3.8, 4) is 5.75 Å². The Morgan fingerprint density at radius 3 is 2.51 bits per heavy atom. The number of para-hydroxylation sites is 1. The predicted octanol–water partition coefficient (Wildman–Crippen LogP) is 4.96. The molecule has 1 heterocycles. The maximum atomic E-state index is 12.9. The third kappa shape index (κ3) is 6.83. The van der Waals surface area contributed by atoms with Crippen LogP contribution in [0.1, 0.15) is 30.1 Å². The molecule has 182 valence electrons. The Morgan fingerprint density at radius 1 is 1.00 bits per heavy atom. The Hall–Kier alpha value is -3.84. The van der Waals surface area contributed by atoms with Crippen molar-refractivity contribution in [1.29, 1.82) is 0 Å². The Balaban J connectivity index is 1.27. The van der Waals surface area contributed by atoms with Gasteiger partial charge in [0.25, 0.3) is 5.91 Å². The molecule has 7 nitrogen and oxygen atoms in total. The second-order valence-electron chi connectivity index (χ2n) is 8.34. The lowest BCUT2D eigenvalue weighted by molar-refractivity contribution is -0.114. The molecule has 2 amide bonds. The van der Waals surface area contributed by atoms with Crippen molar-refractivity contribution in [1.82, 2.24) is 0 Å². The predicted molar refractivity (Wildman–Crippen MR) is 138 cm³/mol. The number of ether oxygens (including phenoxy) is 2. The molecule has 0 aromatic heterocycles. The van der Waals surface area contributed by atoms with Crippen molar-refractivity contribution in [3.05, 3.63) is 84.4 Å². The largest absolute Gasteiger partial charge is 0.491 e. The molecule has 4 rings (SSSR count). The SMILES string of the molecule is CCN(C(=O)c1ccc(NC(=O)CNc2cccc(OCC3CCCO3)c2)cc1)c1ccccc1. The molecule has 1 atom stereocenters. The van der Waals surface area contributed by atoms with Crippen LogP contribution in [0, 0.1) is 0 Å². The molecular weight excluding hydrogens is 442 g/mol. The first kappa shape index (κ1) is 24.3. The lowest BCUT2D eigenvalue weighted by atomic mass is 10.1. The number of carbonyl (C=O) groups is 2. The minimum absolute atomic E-state index is 0.0835. The third-order valence-corrected chi connectivity index (χ3v) is 5.79. The molecule has 0 bridgehead atoms. The van der Waals surface area contributed by atoms with Gasteiger partial charge in [-0.3, -0.25) is 9.59 Å². The number of benzene rings is 3. The number of amides is 2. The number of hydrogen-bond donors (Lipinski definition) is 2. The van der Waals surface area contributed by atoms with Crippen LogP contribution >= 0.6 is 0 Å². The van der Waals surface area contributed by atoms with Crippen molar-refractivity contribution in [3.63, 3.8) is 0 Å². The Morgan fingerprint density at radius 2 is 1.80 bits per heavy atom. The lowest BCUT2D eigenvalue weighted by Gasteiger charge is -2.21. The number of nitrogens with zero attached hydrogens (tertiary/aromatic N) is 1. The summed E-state index contributed by atoms with van der Waals surface area (Å²) in [6.07, 6.45) is 2.26. The summed E-state index contributed by atoms with van der Waals surface area (Å²) < 4.78 is 11.4. The van der Waals surface area contributed by atoms with Crippen LogP contribution in [0.5, 0.6) is 5.75 Å². The zero-order chi connectivity index (χ0) is 24.5. The molecule has 3 aromatic carbocycles. The monoisotopic (exact) mass is 473 g/mol. The zero-order valence-electron chi connectivity index (χ0n) is 19.9. The summed E-state index contributed by atoms with van der Waals surface area (Å²) in [5, 5.41) is 5.98. The average molecular weight is 474 g/mol. The highest BCUT2D eigenvalue weighted by Gasteiger charge is 2.17. The Bertz CT molecular complexity index is 1110. The van der Waals surface area contributed by atoms with Crippen LogP contribution < -0.4 is 20.3 Å². The quantitative estimate of drug-likeness (QED) is 0.435. The number of nitrogens with one attached hydrogen (secondary N) is 2. The standard InChI is InChI=1S/C28H31N3O4/c1-2-31(24-9-4-3-5-10-24)28(33)21-13-15-22(16-14-21)30-27(32)19-29-23-8-6-11-25(18-23)35-20-26-12-7-17-34-26/h3-6,8-11,13-16,18,26,29H,2,7,12,17,19-20H2,1H3,(H,30,32). The maximum Gasteiger partial charge on any atom is 0.258 e. The van der Waals surface area contributed by atoms with Gasteiger partial charge >= 0.3 is 0 Å². The fraction of sp³-hybridized carbons (Fsp3) is 0.286. The van der Waals surface area contributed by atoms with E-state index in [1.165, 1.54) is 0 Å². The molecule has 1 aliphatic heterocycles. The van der Waals surface area contributed by atoms with Crippen molar-refractivity contribution < 1.29 is 19.1 Å². The van der Waals surface area contributed by atoms with Gasteiger partial charge in [-0.2, -0.15) is 0 Å². The highest BCUT2D eigenvalue weighted by Crippen LogP contribution is 2.20. The van der Waals surface area contributed by atoms with E-state index in [9.17, 15) is 9.59 Å². The van der Waals surface area contributed by atoms with E-state index in [0.717, 1.165) is 36.6 Å². The second-order valence-corrected chi connectivity index (χ2v) is 8.34. The molecule has 0 saturated carbocycles. The van der Waals surface area contributed by atoms with E-state index >= 15 is 0 Å². The van der Waals surface area contributed by atoms with E-state index in [0.29, 0.717) is 24.4 Å². The van der Waals surface area contributed by atoms with Gasteiger partial charge < -0.3 is 25.0 Å². The van der Waals surface area contributed by atoms with Crippen molar-refractivity contribution >= 4 is 28.9 Å². The van der Waals surface area contributed by atoms with Crippen LogP contribution in [0.3, 0.4) is 0 Å². The number of anilines is 3. The first-order chi connectivity index (χ1) is 17.1. The van der Waals surface area contributed by atoms with Crippen LogP contribution in [0.15, 0.2) is 78.9 Å². The summed E-state index contributed by atoms with van der Waals surface area (Å²) in [7, 11) is 0. The molecule has 1 fully saturated rings. The maximum absolute atomic E-state index is 12.9. The van der Waals surface area contributed by atoms with E-state index in [1.807, 2.05) is 61.5 Å². The number of rotatable bonds is 10. The molecule has 3 aromatic rings. The van der Waals surface area contributed by atoms with Crippen LogP contribution in [-0.4, -0.2) is 44.2 Å². The lowest BCUT2D eigenvalue weighted by Crippen LogP contribution is -2.30. The Kier molecular flexibility index (Phi) is 8.35. The normalized spacial score (nSPS) is 14.8. The molecule has 1 saturated heterocycles. The fourth-order valence-corrected chi connectivity index (χ4v) is 3.95. The summed E-state index contributed by atoms with van der Waals surface area (Å²) in [6.45, 7) is 3.94. The highest BCUT2D eigenvalue weighted by atomic mass is 16.5. The summed E-state index contributed by atoms with van der Waals surface area (Å²) in [6, 6.07) is 24.0. The molecule has 2 N–H and O–H groups in total. The van der Waals surface area contributed by atoms with Gasteiger partial charge in [-0.15, -0.1) is 0 Å². The minimum atomic E-state index is -0.186.